The Balaban J connectivity index is 1.87. The summed E-state index contributed by atoms with van der Waals surface area (Å²) in [5, 5.41) is 11.7. The first-order valence-corrected chi connectivity index (χ1v) is 7.45. The van der Waals surface area contributed by atoms with Gasteiger partial charge in [-0.25, -0.2) is 4.68 Å². The topological polar surface area (TPSA) is 63.9 Å². The van der Waals surface area contributed by atoms with Gasteiger partial charge in [0, 0.05) is 30.8 Å². The Hall–Kier alpha value is -2.24. The Kier molecular flexibility index (Phi) is 3.94. The highest BCUT2D eigenvalue weighted by atomic mass is 16.2. The molecule has 0 aliphatic carbocycles. The van der Waals surface area contributed by atoms with Gasteiger partial charge >= 0.3 is 0 Å². The Labute approximate surface area is 123 Å². The first-order valence-electron chi connectivity index (χ1n) is 7.45. The number of benzene rings is 1. The van der Waals surface area contributed by atoms with Crippen molar-refractivity contribution in [2.24, 2.45) is 0 Å². The Morgan fingerprint density at radius 1 is 1.24 bits per heavy atom. The predicted molar refractivity (Wildman–Crippen MR) is 78.7 cm³/mol. The molecule has 0 saturated carbocycles. The van der Waals surface area contributed by atoms with Gasteiger partial charge in [0.2, 0.25) is 0 Å². The average Bonchev–Trinajstić information content (AvgIpc) is 3.04. The van der Waals surface area contributed by atoms with Crippen LogP contribution in [0.5, 0.6) is 0 Å². The third kappa shape index (κ3) is 2.79. The molecule has 1 aliphatic rings. The summed E-state index contributed by atoms with van der Waals surface area (Å²) in [5.74, 6) is 0.804. The van der Waals surface area contributed by atoms with Crippen LogP contribution in [-0.4, -0.2) is 44.1 Å². The zero-order valence-electron chi connectivity index (χ0n) is 12.2. The van der Waals surface area contributed by atoms with Crippen LogP contribution in [0, 0.1) is 0 Å². The van der Waals surface area contributed by atoms with Gasteiger partial charge in [-0.1, -0.05) is 12.1 Å². The monoisotopic (exact) mass is 285 g/mol. The maximum Gasteiger partial charge on any atom is 0.253 e. The number of aromatic nitrogens is 4. The van der Waals surface area contributed by atoms with Gasteiger partial charge < -0.3 is 4.90 Å². The molecule has 110 valence electrons. The molecular formula is C15H19N5O. The Morgan fingerprint density at radius 3 is 2.81 bits per heavy atom. The van der Waals surface area contributed by atoms with E-state index in [0.29, 0.717) is 17.9 Å². The number of carbonyl (C=O) groups is 1. The normalized spacial score (nSPS) is 15.2. The number of hydrogen-bond donors (Lipinski definition) is 0. The third-order valence-corrected chi connectivity index (χ3v) is 3.84. The first kappa shape index (κ1) is 13.7. The fourth-order valence-corrected chi connectivity index (χ4v) is 2.70. The van der Waals surface area contributed by atoms with E-state index in [2.05, 4.69) is 15.5 Å². The van der Waals surface area contributed by atoms with Crippen LogP contribution in [0.25, 0.3) is 11.4 Å². The molecule has 0 bridgehead atoms. The molecule has 1 fully saturated rings. The molecular weight excluding hydrogens is 266 g/mol. The summed E-state index contributed by atoms with van der Waals surface area (Å²) in [5.41, 5.74) is 1.59. The Bertz CT molecular complexity index is 630. The standard InChI is InChI=1S/C15H19N5O/c1-2-20-14(16-17-18-20)12-7-6-8-13(11-12)15(21)19-9-4-3-5-10-19/h6-8,11H,2-5,9-10H2,1H3. The van der Waals surface area contributed by atoms with Crippen LogP contribution < -0.4 is 0 Å². The average molecular weight is 285 g/mol. The zero-order chi connectivity index (χ0) is 14.7. The van der Waals surface area contributed by atoms with Crippen molar-refractivity contribution in [1.82, 2.24) is 25.1 Å². The second kappa shape index (κ2) is 6.03. The van der Waals surface area contributed by atoms with E-state index in [0.717, 1.165) is 31.5 Å². The number of likely N-dealkylation sites (tertiary alicyclic amines) is 1. The summed E-state index contributed by atoms with van der Waals surface area (Å²) in [6.07, 6.45) is 3.41. The molecule has 0 spiro atoms. The van der Waals surface area contributed by atoms with Gasteiger partial charge in [0.25, 0.3) is 5.91 Å². The lowest BCUT2D eigenvalue weighted by Crippen LogP contribution is -2.35. The molecule has 2 aromatic rings. The fourth-order valence-electron chi connectivity index (χ4n) is 2.70. The van der Waals surface area contributed by atoms with Crippen LogP contribution in [0.3, 0.4) is 0 Å². The lowest BCUT2D eigenvalue weighted by atomic mass is 10.1. The number of hydrogen-bond acceptors (Lipinski definition) is 4. The number of tetrazole rings is 1. The fraction of sp³-hybridized carbons (Fsp3) is 0.467. The second-order valence-electron chi connectivity index (χ2n) is 5.25. The highest BCUT2D eigenvalue weighted by Gasteiger charge is 2.19. The minimum Gasteiger partial charge on any atom is -0.339 e. The number of rotatable bonds is 3. The quantitative estimate of drug-likeness (QED) is 0.865. The summed E-state index contributed by atoms with van der Waals surface area (Å²) in [6, 6.07) is 7.57. The molecule has 1 aromatic carbocycles. The third-order valence-electron chi connectivity index (χ3n) is 3.84. The molecule has 1 saturated heterocycles. The van der Waals surface area contributed by atoms with Crippen molar-refractivity contribution < 1.29 is 4.79 Å². The van der Waals surface area contributed by atoms with Crippen LogP contribution in [0.1, 0.15) is 36.5 Å². The summed E-state index contributed by atoms with van der Waals surface area (Å²) in [7, 11) is 0. The highest BCUT2D eigenvalue weighted by Crippen LogP contribution is 2.19. The molecule has 1 aliphatic heterocycles. The lowest BCUT2D eigenvalue weighted by Gasteiger charge is -2.26. The van der Waals surface area contributed by atoms with E-state index in [1.54, 1.807) is 4.68 Å². The number of nitrogens with zero attached hydrogens (tertiary/aromatic N) is 5. The van der Waals surface area contributed by atoms with Crippen molar-refractivity contribution in [2.45, 2.75) is 32.7 Å². The van der Waals surface area contributed by atoms with Gasteiger partial charge in [-0.05, 0) is 48.7 Å². The molecule has 3 rings (SSSR count). The number of aryl methyl sites for hydroxylation is 1. The molecule has 0 atom stereocenters. The van der Waals surface area contributed by atoms with Gasteiger partial charge in [-0.2, -0.15) is 0 Å². The van der Waals surface area contributed by atoms with Crippen LogP contribution in [-0.2, 0) is 6.54 Å². The van der Waals surface area contributed by atoms with E-state index in [1.165, 1.54) is 6.42 Å². The maximum absolute atomic E-state index is 12.5. The van der Waals surface area contributed by atoms with Crippen molar-refractivity contribution >= 4 is 5.91 Å². The van der Waals surface area contributed by atoms with Gasteiger partial charge in [0.05, 0.1) is 0 Å². The summed E-state index contributed by atoms with van der Waals surface area (Å²) < 4.78 is 1.73. The highest BCUT2D eigenvalue weighted by molar-refractivity contribution is 5.95. The molecule has 0 N–H and O–H groups in total. The largest absolute Gasteiger partial charge is 0.339 e. The van der Waals surface area contributed by atoms with Crippen molar-refractivity contribution in [2.75, 3.05) is 13.1 Å². The molecule has 0 unspecified atom stereocenters. The van der Waals surface area contributed by atoms with Gasteiger partial charge in [0.1, 0.15) is 0 Å². The number of carbonyl (C=O) groups excluding carboxylic acids is 1. The predicted octanol–water partition coefficient (Wildman–Crippen LogP) is 1.99. The summed E-state index contributed by atoms with van der Waals surface area (Å²) in [4.78, 5) is 14.5. The minimum atomic E-state index is 0.104. The van der Waals surface area contributed by atoms with Crippen LogP contribution in [0.4, 0.5) is 0 Å². The van der Waals surface area contributed by atoms with E-state index in [9.17, 15) is 4.79 Å². The van der Waals surface area contributed by atoms with Crippen molar-refractivity contribution in [3.05, 3.63) is 29.8 Å². The first-order chi connectivity index (χ1) is 10.3. The molecule has 2 heterocycles. The molecule has 0 radical (unpaired) electrons. The summed E-state index contributed by atoms with van der Waals surface area (Å²) in [6.45, 7) is 4.40. The molecule has 1 amide bonds. The van der Waals surface area contributed by atoms with Crippen molar-refractivity contribution in [1.29, 1.82) is 0 Å². The number of amides is 1. The van der Waals surface area contributed by atoms with E-state index in [1.807, 2.05) is 36.1 Å². The smallest absolute Gasteiger partial charge is 0.253 e. The minimum absolute atomic E-state index is 0.104. The molecule has 6 heteroatoms. The maximum atomic E-state index is 12.5. The van der Waals surface area contributed by atoms with Crippen LogP contribution in [0.2, 0.25) is 0 Å². The zero-order valence-corrected chi connectivity index (χ0v) is 12.2. The lowest BCUT2D eigenvalue weighted by molar-refractivity contribution is 0.0724. The summed E-state index contributed by atoms with van der Waals surface area (Å²) >= 11 is 0. The second-order valence-corrected chi connectivity index (χ2v) is 5.25. The van der Waals surface area contributed by atoms with E-state index < -0.39 is 0 Å². The van der Waals surface area contributed by atoms with Gasteiger partial charge in [-0.15, -0.1) is 5.10 Å². The SMILES string of the molecule is CCn1nnnc1-c1cccc(C(=O)N2CCCCC2)c1. The molecule has 21 heavy (non-hydrogen) atoms. The number of piperidine rings is 1. The Morgan fingerprint density at radius 2 is 2.05 bits per heavy atom. The van der Waals surface area contributed by atoms with Crippen molar-refractivity contribution in [3.63, 3.8) is 0 Å². The molecule has 6 nitrogen and oxygen atoms in total. The van der Waals surface area contributed by atoms with E-state index in [4.69, 9.17) is 0 Å². The molecule has 1 aromatic heterocycles. The van der Waals surface area contributed by atoms with Gasteiger partial charge in [0.15, 0.2) is 5.82 Å². The van der Waals surface area contributed by atoms with Crippen molar-refractivity contribution in [3.8, 4) is 11.4 Å². The van der Waals surface area contributed by atoms with E-state index >= 15 is 0 Å². The van der Waals surface area contributed by atoms with E-state index in [-0.39, 0.29) is 5.91 Å². The van der Waals surface area contributed by atoms with Crippen LogP contribution in [0.15, 0.2) is 24.3 Å². The van der Waals surface area contributed by atoms with Gasteiger partial charge in [-0.3, -0.25) is 4.79 Å². The van der Waals surface area contributed by atoms with Crippen LogP contribution >= 0.6 is 0 Å².